The molecule has 1 amide bonds. The third-order valence-electron chi connectivity index (χ3n) is 3.39. The van der Waals surface area contributed by atoms with E-state index in [2.05, 4.69) is 0 Å². The van der Waals surface area contributed by atoms with Crippen molar-refractivity contribution in [1.82, 2.24) is 4.90 Å². The van der Waals surface area contributed by atoms with E-state index >= 15 is 0 Å². The molecule has 1 unspecified atom stereocenters. The summed E-state index contributed by atoms with van der Waals surface area (Å²) in [5, 5.41) is 8.87. The molecule has 0 spiro atoms. The molecule has 1 N–H and O–H groups in total. The Kier molecular flexibility index (Phi) is 5.21. The van der Waals surface area contributed by atoms with Gasteiger partial charge in [-0.25, -0.2) is 4.79 Å². The van der Waals surface area contributed by atoms with Crippen LogP contribution < -0.4 is 0 Å². The summed E-state index contributed by atoms with van der Waals surface area (Å²) in [4.78, 5) is 25.8. The lowest BCUT2D eigenvalue weighted by molar-refractivity contribution is -0.131. The van der Waals surface area contributed by atoms with Gasteiger partial charge in [-0.3, -0.25) is 4.79 Å². The highest BCUT2D eigenvalue weighted by Gasteiger charge is 2.21. The monoisotopic (exact) mass is 337 g/mol. The zero-order valence-corrected chi connectivity index (χ0v) is 13.8. The Hall–Kier alpha value is -1.85. The van der Waals surface area contributed by atoms with E-state index in [1.54, 1.807) is 42.3 Å². The van der Waals surface area contributed by atoms with Crippen molar-refractivity contribution < 1.29 is 14.7 Å². The maximum absolute atomic E-state index is 12.4. The Morgan fingerprint density at radius 1 is 1.23 bits per heavy atom. The van der Waals surface area contributed by atoms with Crippen molar-refractivity contribution in [3.05, 3.63) is 56.7 Å². The number of carboxylic acids is 1. The van der Waals surface area contributed by atoms with E-state index in [0.29, 0.717) is 10.9 Å². The first-order valence-electron chi connectivity index (χ1n) is 6.71. The standard InChI is InChI=1S/C16H16ClNO3S/c1-10(13-7-8-14(17)22-13)15(19)18(2)9-11-3-5-12(6-4-11)16(20)21/h3-8,10H,9H2,1-2H3,(H,20,21). The van der Waals surface area contributed by atoms with Crippen LogP contribution in [0.1, 0.15) is 33.6 Å². The molecule has 0 aliphatic heterocycles. The fraction of sp³-hybridized carbons (Fsp3) is 0.250. The molecule has 116 valence electrons. The molecule has 0 aliphatic carbocycles. The van der Waals surface area contributed by atoms with Gasteiger partial charge in [0.15, 0.2) is 0 Å². The van der Waals surface area contributed by atoms with Gasteiger partial charge >= 0.3 is 5.97 Å². The molecule has 0 bridgehead atoms. The van der Waals surface area contributed by atoms with Crippen LogP contribution in [-0.4, -0.2) is 28.9 Å². The van der Waals surface area contributed by atoms with Crippen molar-refractivity contribution >= 4 is 34.8 Å². The summed E-state index contributed by atoms with van der Waals surface area (Å²) in [6.07, 6.45) is 0. The van der Waals surface area contributed by atoms with Gasteiger partial charge in [-0.15, -0.1) is 11.3 Å². The fourth-order valence-electron chi connectivity index (χ4n) is 2.12. The quantitative estimate of drug-likeness (QED) is 0.901. The number of carbonyl (C=O) groups excluding carboxylic acids is 1. The molecule has 1 atom stereocenters. The molecule has 1 aromatic carbocycles. The molecular formula is C16H16ClNO3S. The van der Waals surface area contributed by atoms with Crippen LogP contribution in [0, 0.1) is 0 Å². The zero-order valence-electron chi connectivity index (χ0n) is 12.2. The van der Waals surface area contributed by atoms with Crippen LogP contribution in [-0.2, 0) is 11.3 Å². The summed E-state index contributed by atoms with van der Waals surface area (Å²) in [6, 6.07) is 10.2. The van der Waals surface area contributed by atoms with Gasteiger partial charge in [0.2, 0.25) is 5.91 Å². The van der Waals surface area contributed by atoms with Gasteiger partial charge in [0.1, 0.15) is 0 Å². The zero-order chi connectivity index (χ0) is 16.3. The van der Waals surface area contributed by atoms with Crippen molar-refractivity contribution in [3.63, 3.8) is 0 Å². The van der Waals surface area contributed by atoms with Gasteiger partial charge in [0.05, 0.1) is 15.8 Å². The first-order valence-corrected chi connectivity index (χ1v) is 7.90. The summed E-state index contributed by atoms with van der Waals surface area (Å²) >= 11 is 7.31. The topological polar surface area (TPSA) is 57.6 Å². The molecule has 2 aromatic rings. The van der Waals surface area contributed by atoms with E-state index in [4.69, 9.17) is 16.7 Å². The van der Waals surface area contributed by atoms with Gasteiger partial charge < -0.3 is 10.0 Å². The van der Waals surface area contributed by atoms with Crippen molar-refractivity contribution in [2.75, 3.05) is 7.05 Å². The molecule has 0 radical (unpaired) electrons. The number of carboxylic acid groups (broad SMARTS) is 1. The second-order valence-electron chi connectivity index (χ2n) is 5.06. The molecule has 0 saturated carbocycles. The smallest absolute Gasteiger partial charge is 0.335 e. The SMILES string of the molecule is CC(C(=O)N(C)Cc1ccc(C(=O)O)cc1)c1ccc(Cl)s1. The number of aromatic carboxylic acids is 1. The summed E-state index contributed by atoms with van der Waals surface area (Å²) < 4.78 is 0.668. The number of hydrogen-bond donors (Lipinski definition) is 1. The molecule has 2 rings (SSSR count). The molecule has 0 aliphatic rings. The second kappa shape index (κ2) is 6.94. The van der Waals surface area contributed by atoms with E-state index < -0.39 is 5.97 Å². The molecule has 0 saturated heterocycles. The normalized spacial score (nSPS) is 12.0. The van der Waals surface area contributed by atoms with Gasteiger partial charge in [0.25, 0.3) is 0 Å². The number of halogens is 1. The minimum atomic E-state index is -0.959. The van der Waals surface area contributed by atoms with Crippen molar-refractivity contribution in [2.24, 2.45) is 0 Å². The van der Waals surface area contributed by atoms with Gasteiger partial charge in [-0.2, -0.15) is 0 Å². The highest BCUT2D eigenvalue weighted by Crippen LogP contribution is 2.29. The van der Waals surface area contributed by atoms with Crippen molar-refractivity contribution in [1.29, 1.82) is 0 Å². The van der Waals surface area contributed by atoms with Crippen LogP contribution in [0.3, 0.4) is 0 Å². The summed E-state index contributed by atoms with van der Waals surface area (Å²) in [5.41, 5.74) is 1.12. The molecule has 1 aromatic heterocycles. The molecular weight excluding hydrogens is 322 g/mol. The minimum absolute atomic E-state index is 0.000766. The predicted molar refractivity (Wildman–Crippen MR) is 87.6 cm³/mol. The number of amides is 1. The van der Waals surface area contributed by atoms with Crippen LogP contribution in [0.4, 0.5) is 0 Å². The number of rotatable bonds is 5. The van der Waals surface area contributed by atoms with Crippen LogP contribution in [0.25, 0.3) is 0 Å². The third-order valence-corrected chi connectivity index (χ3v) is 4.80. The average molecular weight is 338 g/mol. The number of nitrogens with zero attached hydrogens (tertiary/aromatic N) is 1. The Bertz CT molecular complexity index is 681. The number of likely N-dealkylation sites (N-methyl/N-ethyl adjacent to an activating group) is 1. The van der Waals surface area contributed by atoms with Crippen LogP contribution in [0.2, 0.25) is 4.34 Å². The fourth-order valence-corrected chi connectivity index (χ4v) is 3.22. The van der Waals surface area contributed by atoms with Crippen LogP contribution in [0.5, 0.6) is 0 Å². The van der Waals surface area contributed by atoms with E-state index in [1.807, 2.05) is 13.0 Å². The van der Waals surface area contributed by atoms with E-state index in [9.17, 15) is 9.59 Å². The number of hydrogen-bond acceptors (Lipinski definition) is 3. The van der Waals surface area contributed by atoms with E-state index in [-0.39, 0.29) is 17.4 Å². The van der Waals surface area contributed by atoms with Gasteiger partial charge in [-0.1, -0.05) is 23.7 Å². The summed E-state index contributed by atoms with van der Waals surface area (Å²) in [6.45, 7) is 2.29. The summed E-state index contributed by atoms with van der Waals surface area (Å²) in [7, 11) is 1.74. The maximum Gasteiger partial charge on any atom is 0.335 e. The van der Waals surface area contributed by atoms with Crippen molar-refractivity contribution in [3.8, 4) is 0 Å². The van der Waals surface area contributed by atoms with E-state index in [0.717, 1.165) is 10.4 Å². The lowest BCUT2D eigenvalue weighted by Crippen LogP contribution is -2.29. The minimum Gasteiger partial charge on any atom is -0.478 e. The number of benzene rings is 1. The Labute approximate surface area is 137 Å². The number of carbonyl (C=O) groups is 2. The lowest BCUT2D eigenvalue weighted by Gasteiger charge is -2.21. The average Bonchev–Trinajstić information content (AvgIpc) is 2.92. The Balaban J connectivity index is 2.03. The Morgan fingerprint density at radius 2 is 1.86 bits per heavy atom. The molecule has 4 nitrogen and oxygen atoms in total. The largest absolute Gasteiger partial charge is 0.478 e. The molecule has 0 fully saturated rings. The summed E-state index contributed by atoms with van der Waals surface area (Å²) in [5.74, 6) is -1.21. The molecule has 22 heavy (non-hydrogen) atoms. The first kappa shape index (κ1) is 16.5. The Morgan fingerprint density at radius 3 is 2.36 bits per heavy atom. The van der Waals surface area contributed by atoms with Gasteiger partial charge in [0, 0.05) is 18.5 Å². The van der Waals surface area contributed by atoms with Crippen LogP contribution >= 0.6 is 22.9 Å². The molecule has 1 heterocycles. The highest BCUT2D eigenvalue weighted by atomic mass is 35.5. The molecule has 6 heteroatoms. The second-order valence-corrected chi connectivity index (χ2v) is 6.81. The van der Waals surface area contributed by atoms with E-state index in [1.165, 1.54) is 11.3 Å². The highest BCUT2D eigenvalue weighted by molar-refractivity contribution is 7.16. The third kappa shape index (κ3) is 3.87. The number of thiophene rings is 1. The maximum atomic E-state index is 12.4. The lowest BCUT2D eigenvalue weighted by atomic mass is 10.1. The first-order chi connectivity index (χ1) is 10.4. The van der Waals surface area contributed by atoms with Crippen molar-refractivity contribution in [2.45, 2.75) is 19.4 Å². The predicted octanol–water partition coefficient (Wildman–Crippen LogP) is 3.86. The van der Waals surface area contributed by atoms with Gasteiger partial charge in [-0.05, 0) is 36.8 Å². The van der Waals surface area contributed by atoms with Crippen LogP contribution in [0.15, 0.2) is 36.4 Å².